The van der Waals surface area contributed by atoms with Crippen LogP contribution >= 0.6 is 11.6 Å². The first kappa shape index (κ1) is 13.2. The van der Waals surface area contributed by atoms with Gasteiger partial charge in [0.1, 0.15) is 5.75 Å². The Hall–Kier alpha value is -1.26. The highest BCUT2D eigenvalue weighted by Gasteiger charge is 2.44. The van der Waals surface area contributed by atoms with Gasteiger partial charge in [-0.2, -0.15) is 0 Å². The number of nitrogens with one attached hydrogen (secondary N) is 1. The molecular weight excluding hydrogens is 254 g/mol. The highest BCUT2D eigenvalue weighted by molar-refractivity contribution is 6.32. The number of carbonyl (C=O) groups excluding carboxylic acids is 1. The third-order valence-corrected chi connectivity index (χ3v) is 3.37. The van der Waals surface area contributed by atoms with Crippen molar-refractivity contribution in [3.8, 4) is 5.75 Å². The van der Waals surface area contributed by atoms with Gasteiger partial charge < -0.3 is 15.2 Å². The maximum absolute atomic E-state index is 11.9. The fourth-order valence-electron chi connectivity index (χ4n) is 1.62. The van der Waals surface area contributed by atoms with E-state index >= 15 is 0 Å². The highest BCUT2D eigenvalue weighted by Crippen LogP contribution is 2.34. The topological polar surface area (TPSA) is 58.6 Å². The van der Waals surface area contributed by atoms with Crippen molar-refractivity contribution >= 4 is 17.5 Å². The number of hydrogen-bond acceptors (Lipinski definition) is 3. The number of hydrogen-bond donors (Lipinski definition) is 2. The van der Waals surface area contributed by atoms with Gasteiger partial charge in [-0.25, -0.2) is 0 Å². The fraction of sp³-hybridized carbons (Fsp3) is 0.462. The molecule has 0 bridgehead atoms. The Labute approximate surface area is 111 Å². The predicted octanol–water partition coefficient (Wildman–Crippen LogP) is 1.75. The van der Waals surface area contributed by atoms with Gasteiger partial charge in [-0.3, -0.25) is 4.79 Å². The molecular formula is C13H16ClNO3. The van der Waals surface area contributed by atoms with Gasteiger partial charge in [0.05, 0.1) is 17.2 Å². The molecule has 1 aliphatic carbocycles. The van der Waals surface area contributed by atoms with Gasteiger partial charge in [-0.1, -0.05) is 23.7 Å². The minimum atomic E-state index is -0.645. The Bertz CT molecular complexity index is 446. The molecule has 0 saturated heterocycles. The molecule has 4 nitrogen and oxygen atoms in total. The van der Waals surface area contributed by atoms with Crippen molar-refractivity contribution in [2.75, 3.05) is 6.61 Å². The summed E-state index contributed by atoms with van der Waals surface area (Å²) in [5.74, 6) is 0.247. The number of amides is 1. The van der Waals surface area contributed by atoms with Gasteiger partial charge >= 0.3 is 0 Å². The summed E-state index contributed by atoms with van der Waals surface area (Å²) < 4.78 is 5.50. The second kappa shape index (κ2) is 5.16. The molecule has 1 amide bonds. The number of aliphatic hydroxyl groups excluding tert-OH is 1. The van der Waals surface area contributed by atoms with Gasteiger partial charge in [-0.05, 0) is 31.9 Å². The van der Waals surface area contributed by atoms with Crippen LogP contribution in [-0.4, -0.2) is 29.3 Å². The number of carbonyl (C=O) groups is 1. The Morgan fingerprint density at radius 2 is 2.22 bits per heavy atom. The van der Waals surface area contributed by atoms with E-state index in [-0.39, 0.29) is 12.5 Å². The third-order valence-electron chi connectivity index (χ3n) is 3.05. The maximum Gasteiger partial charge on any atom is 0.261 e. The second-order valence-electron chi connectivity index (χ2n) is 4.62. The van der Waals surface area contributed by atoms with E-state index in [1.54, 1.807) is 31.2 Å². The van der Waals surface area contributed by atoms with Crippen molar-refractivity contribution in [2.45, 2.75) is 31.4 Å². The van der Waals surface area contributed by atoms with Crippen LogP contribution in [0, 0.1) is 0 Å². The second-order valence-corrected chi connectivity index (χ2v) is 5.03. The molecule has 0 aliphatic heterocycles. The Morgan fingerprint density at radius 3 is 2.78 bits per heavy atom. The lowest BCUT2D eigenvalue weighted by Gasteiger charge is -2.19. The number of benzene rings is 1. The van der Waals surface area contributed by atoms with Crippen LogP contribution in [0.4, 0.5) is 0 Å². The standard InChI is InChI=1S/C13H16ClNO3/c1-9(12(17)15-13(8-16)6-7-13)18-11-5-3-2-4-10(11)14/h2-5,9,16H,6-8H2,1H3,(H,15,17). The van der Waals surface area contributed by atoms with Crippen molar-refractivity contribution in [3.63, 3.8) is 0 Å². The summed E-state index contributed by atoms with van der Waals surface area (Å²) in [4.78, 5) is 11.9. The minimum Gasteiger partial charge on any atom is -0.479 e. The van der Waals surface area contributed by atoms with Crippen LogP contribution in [0.3, 0.4) is 0 Å². The lowest BCUT2D eigenvalue weighted by atomic mass is 10.2. The van der Waals surface area contributed by atoms with E-state index in [4.69, 9.17) is 21.4 Å². The van der Waals surface area contributed by atoms with Gasteiger partial charge in [0, 0.05) is 0 Å². The summed E-state index contributed by atoms with van der Waals surface area (Å²) in [6, 6.07) is 7.01. The zero-order chi connectivity index (χ0) is 13.2. The summed E-state index contributed by atoms with van der Waals surface area (Å²) in [6.45, 7) is 1.63. The zero-order valence-corrected chi connectivity index (χ0v) is 10.9. The van der Waals surface area contributed by atoms with Gasteiger partial charge in [0.2, 0.25) is 0 Å². The molecule has 2 rings (SSSR count). The lowest BCUT2D eigenvalue weighted by molar-refractivity contribution is -0.128. The first-order valence-electron chi connectivity index (χ1n) is 5.90. The van der Waals surface area contributed by atoms with Crippen molar-refractivity contribution in [2.24, 2.45) is 0 Å². The zero-order valence-electron chi connectivity index (χ0n) is 10.1. The van der Waals surface area contributed by atoms with Crippen LogP contribution in [0.25, 0.3) is 0 Å². The monoisotopic (exact) mass is 269 g/mol. The van der Waals surface area contributed by atoms with E-state index in [2.05, 4.69) is 5.32 Å². The molecule has 1 saturated carbocycles. The quantitative estimate of drug-likeness (QED) is 0.856. The summed E-state index contributed by atoms with van der Waals surface area (Å²) in [5, 5.41) is 12.4. The van der Waals surface area contributed by atoms with E-state index in [1.807, 2.05) is 0 Å². The molecule has 0 aromatic heterocycles. The predicted molar refractivity (Wildman–Crippen MR) is 68.7 cm³/mol. The minimum absolute atomic E-state index is 0.0302. The smallest absolute Gasteiger partial charge is 0.261 e. The van der Waals surface area contributed by atoms with Crippen molar-refractivity contribution < 1.29 is 14.6 Å². The third kappa shape index (κ3) is 2.94. The normalized spacial score (nSPS) is 17.9. The van der Waals surface area contributed by atoms with Gasteiger partial charge in [-0.15, -0.1) is 0 Å². The van der Waals surface area contributed by atoms with Gasteiger partial charge in [0.25, 0.3) is 5.91 Å². The van der Waals surface area contributed by atoms with Gasteiger partial charge in [0.15, 0.2) is 6.10 Å². The number of halogens is 1. The van der Waals surface area contributed by atoms with E-state index in [0.29, 0.717) is 10.8 Å². The van der Waals surface area contributed by atoms with Crippen LogP contribution in [0.15, 0.2) is 24.3 Å². The molecule has 1 aromatic rings. The first-order chi connectivity index (χ1) is 8.56. The highest BCUT2D eigenvalue weighted by atomic mass is 35.5. The summed E-state index contributed by atoms with van der Waals surface area (Å²) in [7, 11) is 0. The SMILES string of the molecule is CC(Oc1ccccc1Cl)C(=O)NC1(CO)CC1. The molecule has 5 heteroatoms. The first-order valence-corrected chi connectivity index (χ1v) is 6.28. The van der Waals surface area contributed by atoms with Crippen molar-refractivity contribution in [1.82, 2.24) is 5.32 Å². The molecule has 1 unspecified atom stereocenters. The largest absolute Gasteiger partial charge is 0.479 e. The van der Waals surface area contributed by atoms with Crippen molar-refractivity contribution in [3.05, 3.63) is 29.3 Å². The lowest BCUT2D eigenvalue weighted by Crippen LogP contribution is -2.45. The molecule has 1 aliphatic rings. The fourth-order valence-corrected chi connectivity index (χ4v) is 1.80. The van der Waals surface area contributed by atoms with Crippen LogP contribution in [0.5, 0.6) is 5.75 Å². The molecule has 1 fully saturated rings. The Morgan fingerprint density at radius 1 is 1.56 bits per heavy atom. The molecule has 0 radical (unpaired) electrons. The van der Waals surface area contributed by atoms with E-state index < -0.39 is 11.6 Å². The number of rotatable bonds is 5. The maximum atomic E-state index is 11.9. The average Bonchev–Trinajstić information content (AvgIpc) is 3.12. The molecule has 2 N–H and O–H groups in total. The van der Waals surface area contributed by atoms with Crippen molar-refractivity contribution in [1.29, 1.82) is 0 Å². The number of para-hydroxylation sites is 1. The molecule has 0 spiro atoms. The molecule has 98 valence electrons. The summed E-state index contributed by atoms with van der Waals surface area (Å²) >= 11 is 5.95. The van der Waals surface area contributed by atoms with Crippen LogP contribution in [-0.2, 0) is 4.79 Å². The molecule has 1 aromatic carbocycles. The molecule has 1 atom stereocenters. The summed E-state index contributed by atoms with van der Waals surface area (Å²) in [6.07, 6.45) is 0.983. The van der Waals surface area contributed by atoms with Crippen LogP contribution in [0.2, 0.25) is 5.02 Å². The van der Waals surface area contributed by atoms with E-state index in [0.717, 1.165) is 12.8 Å². The molecule has 18 heavy (non-hydrogen) atoms. The number of aliphatic hydroxyl groups is 1. The molecule has 0 heterocycles. The average molecular weight is 270 g/mol. The van der Waals surface area contributed by atoms with Crippen LogP contribution in [0.1, 0.15) is 19.8 Å². The number of ether oxygens (including phenoxy) is 1. The van der Waals surface area contributed by atoms with Crippen LogP contribution < -0.4 is 10.1 Å². The Kier molecular flexibility index (Phi) is 3.78. The summed E-state index contributed by atoms with van der Waals surface area (Å²) in [5.41, 5.74) is -0.421. The van der Waals surface area contributed by atoms with E-state index in [9.17, 15) is 4.79 Å². The van der Waals surface area contributed by atoms with E-state index in [1.165, 1.54) is 0 Å². The Balaban J connectivity index is 1.94.